The number of allylic oxidation sites excluding steroid dienone is 8. The minimum Gasteiger partial charge on any atom is -0.456 e. The maximum absolute atomic E-state index is 6.60. The molecule has 2 aliphatic carbocycles. The second-order valence-corrected chi connectivity index (χ2v) is 15.7. The van der Waals surface area contributed by atoms with Crippen LogP contribution in [0.15, 0.2) is 216 Å². The van der Waals surface area contributed by atoms with E-state index in [2.05, 4.69) is 223 Å². The first-order valence-corrected chi connectivity index (χ1v) is 20.4. The number of hydrogen-bond acceptors (Lipinski definition) is 3. The molecule has 278 valence electrons. The van der Waals surface area contributed by atoms with E-state index in [4.69, 9.17) is 4.42 Å². The number of fused-ring (bicyclic) bond motifs is 7. The fraction of sp³-hybridized carbons (Fsp3) is 0.0909. The molecule has 3 nitrogen and oxygen atoms in total. The number of anilines is 5. The van der Waals surface area contributed by atoms with Crippen molar-refractivity contribution in [3.05, 3.63) is 223 Å². The van der Waals surface area contributed by atoms with Crippen LogP contribution < -0.4 is 9.80 Å². The summed E-state index contributed by atoms with van der Waals surface area (Å²) in [4.78, 5) is 4.76. The Hall–Kier alpha value is -7.10. The molecule has 0 radical (unpaired) electrons. The summed E-state index contributed by atoms with van der Waals surface area (Å²) in [7, 11) is 0. The third kappa shape index (κ3) is 5.82. The van der Waals surface area contributed by atoms with Gasteiger partial charge in [0.25, 0.3) is 0 Å². The molecular weight excluding hydrogens is 705 g/mol. The van der Waals surface area contributed by atoms with Gasteiger partial charge < -0.3 is 14.2 Å². The van der Waals surface area contributed by atoms with Gasteiger partial charge in [0.1, 0.15) is 11.2 Å². The molecule has 0 saturated heterocycles. The Labute approximate surface area is 339 Å². The van der Waals surface area contributed by atoms with Crippen molar-refractivity contribution >= 4 is 50.4 Å². The molecule has 0 N–H and O–H groups in total. The van der Waals surface area contributed by atoms with Crippen molar-refractivity contribution in [1.29, 1.82) is 0 Å². The van der Waals surface area contributed by atoms with Gasteiger partial charge in [-0.3, -0.25) is 0 Å². The van der Waals surface area contributed by atoms with E-state index < -0.39 is 0 Å². The highest BCUT2D eigenvalue weighted by atomic mass is 16.3. The third-order valence-corrected chi connectivity index (χ3v) is 12.3. The van der Waals surface area contributed by atoms with Crippen LogP contribution in [0, 0.1) is 5.92 Å². The van der Waals surface area contributed by atoms with Gasteiger partial charge in [0.2, 0.25) is 0 Å². The Morgan fingerprint density at radius 3 is 1.84 bits per heavy atom. The summed E-state index contributed by atoms with van der Waals surface area (Å²) < 4.78 is 6.60. The lowest BCUT2D eigenvalue weighted by atomic mass is 9.83. The van der Waals surface area contributed by atoms with Crippen LogP contribution >= 0.6 is 0 Å². The number of nitrogens with zero attached hydrogens (tertiary/aromatic N) is 2. The van der Waals surface area contributed by atoms with Crippen LogP contribution in [0.2, 0.25) is 0 Å². The largest absolute Gasteiger partial charge is 0.456 e. The van der Waals surface area contributed by atoms with E-state index in [0.29, 0.717) is 11.8 Å². The highest BCUT2D eigenvalue weighted by molar-refractivity contribution is 6.08. The van der Waals surface area contributed by atoms with Crippen LogP contribution in [0.5, 0.6) is 0 Å². The second-order valence-electron chi connectivity index (χ2n) is 15.7. The number of para-hydroxylation sites is 2. The van der Waals surface area contributed by atoms with Crippen molar-refractivity contribution in [2.24, 2.45) is 5.92 Å². The minimum absolute atomic E-state index is 0.230. The summed E-state index contributed by atoms with van der Waals surface area (Å²) in [6.07, 6.45) is 16.7. The molecule has 0 bridgehead atoms. The van der Waals surface area contributed by atoms with Crippen LogP contribution in [-0.4, -0.2) is 0 Å². The molecule has 7 aromatic carbocycles. The summed E-state index contributed by atoms with van der Waals surface area (Å²) in [5.41, 5.74) is 16.4. The van der Waals surface area contributed by atoms with Crippen molar-refractivity contribution < 1.29 is 4.42 Å². The van der Waals surface area contributed by atoms with Crippen molar-refractivity contribution in [3.8, 4) is 22.3 Å². The predicted octanol–water partition coefficient (Wildman–Crippen LogP) is 15.3. The Kier molecular flexibility index (Phi) is 8.32. The standard InChI is InChI=1S/C55H42N2O/c1-37-11-10-17-50-53(37)54-51(36-35-49-48-16-8-9-18-52(48)58-55(49)54)57(50)47-33-27-43(28-34-47)42-25-31-46(32-26-42)56(44-14-6-3-7-15-44)45-29-23-41(24-30-45)40-21-19-39(20-22-40)38-12-4-2-5-13-38/h2-12,14-38,53H,13H2,1H3. The molecule has 1 aromatic heterocycles. The Bertz CT molecular complexity index is 2910. The van der Waals surface area contributed by atoms with E-state index in [-0.39, 0.29) is 5.92 Å². The van der Waals surface area contributed by atoms with Gasteiger partial charge in [-0.25, -0.2) is 0 Å². The zero-order valence-electron chi connectivity index (χ0n) is 32.4. The van der Waals surface area contributed by atoms with Crippen molar-refractivity contribution in [2.45, 2.75) is 25.2 Å². The summed E-state index contributed by atoms with van der Waals surface area (Å²) in [6, 6.07) is 59.5. The lowest BCUT2D eigenvalue weighted by molar-refractivity contribution is 0.602. The molecule has 0 amide bonds. The van der Waals surface area contributed by atoms with Crippen LogP contribution in [0.3, 0.4) is 0 Å². The summed E-state index contributed by atoms with van der Waals surface area (Å²) in [5.74, 6) is 1.04. The van der Waals surface area contributed by atoms with Crippen LogP contribution in [0.1, 0.15) is 36.3 Å². The van der Waals surface area contributed by atoms with Gasteiger partial charge in [0, 0.05) is 56.6 Å². The lowest BCUT2D eigenvalue weighted by Gasteiger charge is -2.27. The molecule has 11 rings (SSSR count). The second kappa shape index (κ2) is 14.1. The average molecular weight is 747 g/mol. The topological polar surface area (TPSA) is 19.6 Å². The first kappa shape index (κ1) is 34.2. The van der Waals surface area contributed by atoms with Crippen molar-refractivity contribution in [2.75, 3.05) is 9.80 Å². The van der Waals surface area contributed by atoms with Gasteiger partial charge in [-0.15, -0.1) is 0 Å². The van der Waals surface area contributed by atoms with Crippen molar-refractivity contribution in [3.63, 3.8) is 0 Å². The quantitative estimate of drug-likeness (QED) is 0.162. The monoisotopic (exact) mass is 746 g/mol. The fourth-order valence-electron chi connectivity index (χ4n) is 9.34. The zero-order valence-corrected chi connectivity index (χ0v) is 32.4. The molecule has 0 saturated carbocycles. The number of hydrogen-bond donors (Lipinski definition) is 0. The molecule has 58 heavy (non-hydrogen) atoms. The molecular formula is C55H42N2O. The molecule has 0 fully saturated rings. The minimum atomic E-state index is 0.230. The maximum Gasteiger partial charge on any atom is 0.141 e. The van der Waals surface area contributed by atoms with Gasteiger partial charge in [0.15, 0.2) is 0 Å². The van der Waals surface area contributed by atoms with E-state index in [1.165, 1.54) is 55.5 Å². The third-order valence-electron chi connectivity index (χ3n) is 12.3. The van der Waals surface area contributed by atoms with Crippen LogP contribution in [0.4, 0.5) is 28.4 Å². The highest BCUT2D eigenvalue weighted by Gasteiger charge is 2.40. The molecule has 8 aromatic rings. The van der Waals surface area contributed by atoms with Gasteiger partial charge >= 0.3 is 0 Å². The van der Waals surface area contributed by atoms with E-state index in [9.17, 15) is 0 Å². The molecule has 3 aliphatic rings. The summed E-state index contributed by atoms with van der Waals surface area (Å²) in [5, 5.41) is 2.36. The molecule has 3 heteroatoms. The zero-order chi connectivity index (χ0) is 38.6. The smallest absolute Gasteiger partial charge is 0.141 e. The van der Waals surface area contributed by atoms with E-state index in [1.807, 2.05) is 0 Å². The number of rotatable bonds is 7. The highest BCUT2D eigenvalue weighted by Crippen LogP contribution is 2.55. The number of furan rings is 1. The van der Waals surface area contributed by atoms with Crippen molar-refractivity contribution in [1.82, 2.24) is 0 Å². The normalized spacial score (nSPS) is 18.1. The predicted molar refractivity (Wildman–Crippen MR) is 243 cm³/mol. The first-order chi connectivity index (χ1) is 28.7. The van der Waals surface area contributed by atoms with Gasteiger partial charge in [-0.2, -0.15) is 0 Å². The Morgan fingerprint density at radius 2 is 1.17 bits per heavy atom. The van der Waals surface area contributed by atoms with E-state index in [0.717, 1.165) is 40.3 Å². The van der Waals surface area contributed by atoms with Gasteiger partial charge in [-0.1, -0.05) is 140 Å². The fourth-order valence-corrected chi connectivity index (χ4v) is 9.34. The molecule has 1 aliphatic heterocycles. The molecule has 2 heterocycles. The Morgan fingerprint density at radius 1 is 0.552 bits per heavy atom. The first-order valence-electron chi connectivity index (χ1n) is 20.4. The maximum atomic E-state index is 6.60. The lowest BCUT2D eigenvalue weighted by Crippen LogP contribution is -2.18. The van der Waals surface area contributed by atoms with Gasteiger partial charge in [-0.05, 0) is 113 Å². The van der Waals surface area contributed by atoms with E-state index >= 15 is 0 Å². The molecule has 3 atom stereocenters. The van der Waals surface area contributed by atoms with Crippen LogP contribution in [0.25, 0.3) is 44.2 Å². The van der Waals surface area contributed by atoms with Gasteiger partial charge in [0.05, 0.1) is 5.69 Å². The van der Waals surface area contributed by atoms with Crippen LogP contribution in [-0.2, 0) is 0 Å². The number of benzene rings is 7. The average Bonchev–Trinajstić information content (AvgIpc) is 3.85. The summed E-state index contributed by atoms with van der Waals surface area (Å²) >= 11 is 0. The SMILES string of the molecule is CC1C=CC=C2C1c1c(ccc3c1oc1ccccc13)N2c1ccc(-c2ccc(N(c3ccccc3)c3ccc(-c4ccc(C5C=CC=CC5)cc4)cc3)cc2)cc1. The Balaban J connectivity index is 0.879. The van der Waals surface area contributed by atoms with E-state index in [1.54, 1.807) is 0 Å². The summed E-state index contributed by atoms with van der Waals surface area (Å²) in [6.45, 7) is 2.32. The molecule has 0 spiro atoms. The molecule has 3 unspecified atom stereocenters.